The molecular formula is C18H17NO3. The summed E-state index contributed by atoms with van der Waals surface area (Å²) in [5.74, 6) is 1.80. The van der Waals surface area contributed by atoms with Gasteiger partial charge >= 0.3 is 0 Å². The van der Waals surface area contributed by atoms with Crippen LogP contribution in [0.25, 0.3) is 22.2 Å². The Morgan fingerprint density at radius 2 is 1.77 bits per heavy atom. The minimum atomic E-state index is 0.298. The van der Waals surface area contributed by atoms with Crippen LogP contribution in [0.15, 0.2) is 36.4 Å². The highest BCUT2D eigenvalue weighted by atomic mass is 16.5. The summed E-state index contributed by atoms with van der Waals surface area (Å²) in [6, 6.07) is 11.8. The lowest BCUT2D eigenvalue weighted by Crippen LogP contribution is -2.10. The number of methoxy groups -OCH3 is 2. The molecule has 3 aromatic rings. The monoisotopic (exact) mass is 295 g/mol. The van der Waals surface area contributed by atoms with Crippen LogP contribution in [0.4, 0.5) is 0 Å². The smallest absolute Gasteiger partial charge is 0.161 e. The lowest BCUT2D eigenvalue weighted by molar-refractivity contribution is 0.354. The minimum Gasteiger partial charge on any atom is -0.508 e. The van der Waals surface area contributed by atoms with E-state index >= 15 is 0 Å². The average molecular weight is 295 g/mol. The molecule has 4 nitrogen and oxygen atoms in total. The molecule has 0 saturated heterocycles. The highest BCUT2D eigenvalue weighted by Gasteiger charge is 2.21. The zero-order chi connectivity index (χ0) is 15.3. The second-order valence-electron chi connectivity index (χ2n) is 5.54. The van der Waals surface area contributed by atoms with E-state index in [-0.39, 0.29) is 0 Å². The van der Waals surface area contributed by atoms with Crippen molar-refractivity contribution in [1.82, 2.24) is 4.57 Å². The molecule has 0 fully saturated rings. The molecule has 112 valence electrons. The summed E-state index contributed by atoms with van der Waals surface area (Å²) in [6.07, 6.45) is 0.933. The third kappa shape index (κ3) is 1.77. The summed E-state index contributed by atoms with van der Waals surface area (Å²) in [7, 11) is 3.31. The van der Waals surface area contributed by atoms with Crippen molar-refractivity contribution < 1.29 is 14.6 Å². The van der Waals surface area contributed by atoms with Gasteiger partial charge in [-0.15, -0.1) is 0 Å². The summed E-state index contributed by atoms with van der Waals surface area (Å²) >= 11 is 0. The van der Waals surface area contributed by atoms with Gasteiger partial charge < -0.3 is 19.1 Å². The molecule has 0 bridgehead atoms. The van der Waals surface area contributed by atoms with E-state index in [0.29, 0.717) is 5.75 Å². The Kier molecular flexibility index (Phi) is 2.79. The quantitative estimate of drug-likeness (QED) is 0.785. The molecule has 1 aliphatic rings. The Hall–Kier alpha value is -2.62. The van der Waals surface area contributed by atoms with Gasteiger partial charge in [0.2, 0.25) is 0 Å². The zero-order valence-electron chi connectivity index (χ0n) is 12.6. The molecule has 1 aromatic heterocycles. The van der Waals surface area contributed by atoms with Crippen molar-refractivity contribution in [3.8, 4) is 28.5 Å². The topological polar surface area (TPSA) is 43.6 Å². The minimum absolute atomic E-state index is 0.298. The Morgan fingerprint density at radius 1 is 1.00 bits per heavy atom. The number of phenolic OH excluding ortho intramolecular Hbond substituents is 1. The predicted molar refractivity (Wildman–Crippen MR) is 85.8 cm³/mol. The third-order valence-corrected chi connectivity index (χ3v) is 4.38. The van der Waals surface area contributed by atoms with Crippen LogP contribution < -0.4 is 9.47 Å². The van der Waals surface area contributed by atoms with Crippen molar-refractivity contribution in [1.29, 1.82) is 0 Å². The molecule has 0 atom stereocenters. The second-order valence-corrected chi connectivity index (χ2v) is 5.54. The lowest BCUT2D eigenvalue weighted by atomic mass is 9.97. The molecule has 0 radical (unpaired) electrons. The number of ether oxygens (including phenoxy) is 2. The van der Waals surface area contributed by atoms with Gasteiger partial charge in [-0.05, 0) is 42.3 Å². The van der Waals surface area contributed by atoms with Gasteiger partial charge in [-0.25, -0.2) is 0 Å². The number of aromatic hydroxyl groups is 1. The standard InChI is InChI=1S/C18H17NO3/c1-21-17-8-11-5-6-19-15-9-13(20)4-3-12(15)7-16(19)14(11)10-18(17)22-2/h3-4,7-10,20H,5-6H2,1-2H3. The molecule has 0 spiro atoms. The number of rotatable bonds is 2. The first-order valence-corrected chi connectivity index (χ1v) is 7.29. The SMILES string of the molecule is COc1cc2c(cc1OC)-c1cc3ccc(O)cc3n1CC2. The Balaban J connectivity index is 1.99. The zero-order valence-corrected chi connectivity index (χ0v) is 12.6. The van der Waals surface area contributed by atoms with Gasteiger partial charge in [-0.2, -0.15) is 0 Å². The van der Waals surface area contributed by atoms with Gasteiger partial charge in [0.05, 0.1) is 19.7 Å². The maximum atomic E-state index is 9.75. The van der Waals surface area contributed by atoms with Crippen LogP contribution in [0, 0.1) is 0 Å². The van der Waals surface area contributed by atoms with Gasteiger partial charge in [0, 0.05) is 29.3 Å². The third-order valence-electron chi connectivity index (χ3n) is 4.38. The van der Waals surface area contributed by atoms with Crippen LogP contribution in [-0.2, 0) is 13.0 Å². The number of benzene rings is 2. The summed E-state index contributed by atoms with van der Waals surface area (Å²) < 4.78 is 13.1. The van der Waals surface area contributed by atoms with Crippen LogP contribution in [0.2, 0.25) is 0 Å². The first-order valence-electron chi connectivity index (χ1n) is 7.29. The number of phenols is 1. The van der Waals surface area contributed by atoms with Crippen molar-refractivity contribution in [2.45, 2.75) is 13.0 Å². The van der Waals surface area contributed by atoms with Gasteiger partial charge in [0.25, 0.3) is 0 Å². The molecule has 0 unspecified atom stereocenters. The molecule has 0 saturated carbocycles. The number of hydrogen-bond donors (Lipinski definition) is 1. The van der Waals surface area contributed by atoms with Crippen LogP contribution in [-0.4, -0.2) is 23.9 Å². The number of hydrogen-bond acceptors (Lipinski definition) is 3. The fraction of sp³-hybridized carbons (Fsp3) is 0.222. The summed E-state index contributed by atoms with van der Waals surface area (Å²) in [4.78, 5) is 0. The van der Waals surface area contributed by atoms with Crippen molar-refractivity contribution >= 4 is 10.9 Å². The van der Waals surface area contributed by atoms with Gasteiger partial charge in [0.15, 0.2) is 11.5 Å². The fourth-order valence-corrected chi connectivity index (χ4v) is 3.31. The van der Waals surface area contributed by atoms with E-state index in [1.54, 1.807) is 20.3 Å². The van der Waals surface area contributed by atoms with Crippen LogP contribution in [0.3, 0.4) is 0 Å². The lowest BCUT2D eigenvalue weighted by Gasteiger charge is -2.22. The normalized spacial score (nSPS) is 12.8. The molecule has 22 heavy (non-hydrogen) atoms. The first-order chi connectivity index (χ1) is 10.7. The first kappa shape index (κ1) is 13.1. The van der Waals surface area contributed by atoms with E-state index in [0.717, 1.165) is 41.1 Å². The largest absolute Gasteiger partial charge is 0.508 e. The summed E-state index contributed by atoms with van der Waals surface area (Å²) in [6.45, 7) is 0.894. The predicted octanol–water partition coefficient (Wildman–Crippen LogP) is 3.59. The van der Waals surface area contributed by atoms with Crippen LogP contribution in [0.5, 0.6) is 17.2 Å². The van der Waals surface area contributed by atoms with Gasteiger partial charge in [-0.1, -0.05) is 0 Å². The number of fused-ring (bicyclic) bond motifs is 5. The maximum absolute atomic E-state index is 9.75. The molecule has 2 aromatic carbocycles. The molecule has 4 rings (SSSR count). The van der Waals surface area contributed by atoms with Crippen LogP contribution >= 0.6 is 0 Å². The molecule has 1 aliphatic heterocycles. The second kappa shape index (κ2) is 4.70. The van der Waals surface area contributed by atoms with E-state index < -0.39 is 0 Å². The van der Waals surface area contributed by atoms with Crippen LogP contribution in [0.1, 0.15) is 5.56 Å². The molecule has 0 amide bonds. The number of aromatic nitrogens is 1. The fourth-order valence-electron chi connectivity index (χ4n) is 3.31. The molecule has 1 N–H and O–H groups in total. The van der Waals surface area contributed by atoms with E-state index in [9.17, 15) is 5.11 Å². The molecule has 0 aliphatic carbocycles. The average Bonchev–Trinajstić information content (AvgIpc) is 2.91. The van der Waals surface area contributed by atoms with E-state index in [4.69, 9.17) is 9.47 Å². The van der Waals surface area contributed by atoms with Crippen molar-refractivity contribution in [3.05, 3.63) is 42.0 Å². The van der Waals surface area contributed by atoms with Crippen molar-refractivity contribution in [2.75, 3.05) is 14.2 Å². The molecule has 2 heterocycles. The van der Waals surface area contributed by atoms with E-state index in [1.807, 2.05) is 18.2 Å². The Morgan fingerprint density at radius 3 is 2.55 bits per heavy atom. The van der Waals surface area contributed by atoms with E-state index in [1.165, 1.54) is 11.1 Å². The van der Waals surface area contributed by atoms with Crippen molar-refractivity contribution in [3.63, 3.8) is 0 Å². The van der Waals surface area contributed by atoms with Crippen molar-refractivity contribution in [2.24, 2.45) is 0 Å². The molecule has 4 heteroatoms. The Labute approximate surface area is 128 Å². The Bertz CT molecular complexity index is 880. The van der Waals surface area contributed by atoms with E-state index in [2.05, 4.69) is 16.7 Å². The molecular weight excluding hydrogens is 278 g/mol. The number of nitrogens with zero attached hydrogens (tertiary/aromatic N) is 1. The summed E-state index contributed by atoms with van der Waals surface area (Å²) in [5.41, 5.74) is 4.65. The van der Waals surface area contributed by atoms with Gasteiger partial charge in [0.1, 0.15) is 5.75 Å². The summed E-state index contributed by atoms with van der Waals surface area (Å²) in [5, 5.41) is 10.9. The maximum Gasteiger partial charge on any atom is 0.161 e. The highest BCUT2D eigenvalue weighted by Crippen LogP contribution is 2.41. The highest BCUT2D eigenvalue weighted by molar-refractivity contribution is 5.89. The van der Waals surface area contributed by atoms with Gasteiger partial charge in [-0.3, -0.25) is 0 Å². The number of aryl methyl sites for hydroxylation is 2.